The largest absolute Gasteiger partial charge is 0.385 e. The number of carbonyl (C=O) groups is 2. The van der Waals surface area contributed by atoms with Crippen molar-refractivity contribution in [3.63, 3.8) is 0 Å². The number of Topliss-reactive ketones (excluding diaryl/α,β-unsaturated/α-hetero) is 2. The zero-order chi connectivity index (χ0) is 19.2. The summed E-state index contributed by atoms with van der Waals surface area (Å²) in [5, 5.41) is 10.5. The van der Waals surface area contributed by atoms with Crippen molar-refractivity contribution in [1.82, 2.24) is 0 Å². The third-order valence-corrected chi connectivity index (χ3v) is 6.54. The van der Waals surface area contributed by atoms with Crippen molar-refractivity contribution < 1.29 is 27.9 Å². The Bertz CT molecular complexity index is 557. The van der Waals surface area contributed by atoms with Crippen molar-refractivity contribution in [2.75, 3.05) is 0 Å². The minimum Gasteiger partial charge on any atom is -0.385 e. The number of aliphatic hydroxyl groups is 1. The van der Waals surface area contributed by atoms with Gasteiger partial charge in [-0.1, -0.05) is 19.8 Å². The molecule has 0 heterocycles. The average molecular weight is 374 g/mol. The molecule has 0 aromatic rings. The van der Waals surface area contributed by atoms with E-state index in [1.54, 1.807) is 6.92 Å². The van der Waals surface area contributed by atoms with Crippen molar-refractivity contribution in [1.29, 1.82) is 0 Å². The molecule has 2 atom stereocenters. The van der Waals surface area contributed by atoms with Gasteiger partial charge in [-0.15, -0.1) is 0 Å². The van der Waals surface area contributed by atoms with Crippen LogP contribution in [0.4, 0.5) is 13.2 Å². The molecular formula is C20H29F3O3. The Morgan fingerprint density at radius 3 is 2.15 bits per heavy atom. The van der Waals surface area contributed by atoms with Gasteiger partial charge in [-0.3, -0.25) is 9.59 Å². The lowest BCUT2D eigenvalue weighted by atomic mass is 9.58. The van der Waals surface area contributed by atoms with Gasteiger partial charge in [0.25, 0.3) is 0 Å². The summed E-state index contributed by atoms with van der Waals surface area (Å²) in [6.45, 7) is 1.63. The molecule has 3 aliphatic carbocycles. The van der Waals surface area contributed by atoms with Crippen LogP contribution in [0.3, 0.4) is 0 Å². The summed E-state index contributed by atoms with van der Waals surface area (Å²) in [5.41, 5.74) is -2.72. The van der Waals surface area contributed by atoms with Crippen molar-refractivity contribution >= 4 is 11.6 Å². The maximum atomic E-state index is 14.6. The van der Waals surface area contributed by atoms with E-state index in [9.17, 15) is 27.9 Å². The summed E-state index contributed by atoms with van der Waals surface area (Å²) in [5.74, 6) is -4.03. The zero-order valence-electron chi connectivity index (χ0n) is 15.4. The lowest BCUT2D eigenvalue weighted by Crippen LogP contribution is -2.56. The first-order chi connectivity index (χ1) is 12.0. The van der Waals surface area contributed by atoms with Crippen LogP contribution in [-0.4, -0.2) is 34.4 Å². The minimum absolute atomic E-state index is 0.102. The molecule has 3 aliphatic rings. The Balaban J connectivity index is 1.63. The van der Waals surface area contributed by atoms with Crippen LogP contribution in [0.2, 0.25) is 0 Å². The standard InChI is InChI=1S/C20H29F3O3/c1-13(9-19(21)6-2-3-7-19)16(25)10-18(11-20(22,23)12-18)17(26)15(24)8-14-4-5-14/h13-14,17,26H,2-12H2,1H3/t13-,17?/m0/s1. The molecule has 0 spiro atoms. The van der Waals surface area contributed by atoms with Gasteiger partial charge in [0.1, 0.15) is 17.6 Å². The van der Waals surface area contributed by atoms with Crippen LogP contribution >= 0.6 is 0 Å². The molecule has 148 valence electrons. The van der Waals surface area contributed by atoms with Gasteiger partial charge in [0.2, 0.25) is 5.92 Å². The van der Waals surface area contributed by atoms with Gasteiger partial charge in [-0.05, 0) is 38.0 Å². The monoisotopic (exact) mass is 374 g/mol. The molecule has 3 saturated carbocycles. The maximum Gasteiger partial charge on any atom is 0.249 e. The summed E-state index contributed by atoms with van der Waals surface area (Å²) >= 11 is 0. The van der Waals surface area contributed by atoms with Gasteiger partial charge in [0, 0.05) is 37.0 Å². The van der Waals surface area contributed by atoms with Crippen molar-refractivity contribution in [2.24, 2.45) is 17.3 Å². The highest BCUT2D eigenvalue weighted by molar-refractivity contribution is 5.87. The van der Waals surface area contributed by atoms with E-state index >= 15 is 0 Å². The molecule has 6 heteroatoms. The number of halogens is 3. The Morgan fingerprint density at radius 2 is 1.65 bits per heavy atom. The lowest BCUT2D eigenvalue weighted by Gasteiger charge is -2.49. The van der Waals surface area contributed by atoms with Gasteiger partial charge < -0.3 is 5.11 Å². The molecule has 26 heavy (non-hydrogen) atoms. The first-order valence-corrected chi connectivity index (χ1v) is 9.85. The van der Waals surface area contributed by atoms with Gasteiger partial charge in [0.05, 0.1) is 0 Å². The summed E-state index contributed by atoms with van der Waals surface area (Å²) in [6, 6.07) is 0. The van der Waals surface area contributed by atoms with Crippen LogP contribution in [0, 0.1) is 17.3 Å². The molecule has 1 unspecified atom stereocenters. The number of hydrogen-bond donors (Lipinski definition) is 1. The van der Waals surface area contributed by atoms with E-state index in [1.807, 2.05) is 0 Å². The van der Waals surface area contributed by atoms with Gasteiger partial charge in [-0.2, -0.15) is 0 Å². The fourth-order valence-corrected chi connectivity index (χ4v) is 4.85. The molecule has 0 bridgehead atoms. The van der Waals surface area contributed by atoms with Crippen LogP contribution in [0.15, 0.2) is 0 Å². The number of alkyl halides is 3. The highest BCUT2D eigenvalue weighted by Gasteiger charge is 2.62. The SMILES string of the molecule is C[C@@H](CC1(F)CCCC1)C(=O)CC1(C(O)C(=O)CC2CC2)CC(F)(F)C1. The third kappa shape index (κ3) is 4.32. The second-order valence-corrected chi connectivity index (χ2v) is 9.19. The molecule has 0 aliphatic heterocycles. The molecule has 0 aromatic carbocycles. The molecule has 1 N–H and O–H groups in total. The first-order valence-electron chi connectivity index (χ1n) is 9.85. The highest BCUT2D eigenvalue weighted by atomic mass is 19.3. The molecule has 0 saturated heterocycles. The zero-order valence-corrected chi connectivity index (χ0v) is 15.4. The maximum absolute atomic E-state index is 14.6. The highest BCUT2D eigenvalue weighted by Crippen LogP contribution is 2.57. The third-order valence-electron chi connectivity index (χ3n) is 6.54. The summed E-state index contributed by atoms with van der Waals surface area (Å²) in [4.78, 5) is 24.9. The second-order valence-electron chi connectivity index (χ2n) is 9.19. The Morgan fingerprint density at radius 1 is 1.08 bits per heavy atom. The molecule has 0 amide bonds. The van der Waals surface area contributed by atoms with E-state index in [1.165, 1.54) is 0 Å². The van der Waals surface area contributed by atoms with Crippen LogP contribution in [-0.2, 0) is 9.59 Å². The van der Waals surface area contributed by atoms with Crippen molar-refractivity contribution in [3.8, 4) is 0 Å². The predicted molar refractivity (Wildman–Crippen MR) is 90.7 cm³/mol. The van der Waals surface area contributed by atoms with E-state index in [2.05, 4.69) is 0 Å². The number of rotatable bonds is 9. The minimum atomic E-state index is -2.95. The van der Waals surface area contributed by atoms with E-state index in [0.29, 0.717) is 12.8 Å². The van der Waals surface area contributed by atoms with Crippen LogP contribution in [0.25, 0.3) is 0 Å². The fourth-order valence-electron chi connectivity index (χ4n) is 4.85. The molecular weight excluding hydrogens is 345 g/mol. The number of hydrogen-bond acceptors (Lipinski definition) is 3. The smallest absolute Gasteiger partial charge is 0.249 e. The van der Waals surface area contributed by atoms with Crippen molar-refractivity contribution in [2.45, 2.75) is 95.2 Å². The van der Waals surface area contributed by atoms with Crippen molar-refractivity contribution in [3.05, 3.63) is 0 Å². The van der Waals surface area contributed by atoms with Gasteiger partial charge in [0.15, 0.2) is 5.78 Å². The summed E-state index contributed by atoms with van der Waals surface area (Å²) in [6.07, 6.45) is 1.58. The molecule has 3 rings (SSSR count). The van der Waals surface area contributed by atoms with E-state index < -0.39 is 47.7 Å². The summed E-state index contributed by atoms with van der Waals surface area (Å²) < 4.78 is 41.8. The molecule has 3 fully saturated rings. The van der Waals surface area contributed by atoms with Crippen LogP contribution in [0.5, 0.6) is 0 Å². The number of aliphatic hydroxyl groups excluding tert-OH is 1. The predicted octanol–water partition coefficient (Wildman–Crippen LogP) is 4.40. The van der Waals surface area contributed by atoms with Gasteiger partial charge in [-0.25, -0.2) is 13.2 Å². The first kappa shape index (κ1) is 19.8. The fraction of sp³-hybridized carbons (Fsp3) is 0.900. The summed E-state index contributed by atoms with van der Waals surface area (Å²) in [7, 11) is 0. The van der Waals surface area contributed by atoms with Crippen LogP contribution in [0.1, 0.15) is 77.6 Å². The second kappa shape index (κ2) is 6.92. The molecule has 0 aromatic heterocycles. The number of carbonyl (C=O) groups excluding carboxylic acids is 2. The van der Waals surface area contributed by atoms with E-state index in [4.69, 9.17) is 0 Å². The number of ketones is 2. The average Bonchev–Trinajstić information content (AvgIpc) is 3.23. The lowest BCUT2D eigenvalue weighted by molar-refractivity contribution is -0.204. The Kier molecular flexibility index (Phi) is 5.28. The Labute approximate surface area is 152 Å². The molecule has 0 radical (unpaired) electrons. The van der Waals surface area contributed by atoms with E-state index in [0.717, 1.165) is 25.7 Å². The van der Waals surface area contributed by atoms with Crippen LogP contribution < -0.4 is 0 Å². The topological polar surface area (TPSA) is 54.4 Å². The quantitative estimate of drug-likeness (QED) is 0.651. The normalized spacial score (nSPS) is 28.2. The molecule has 3 nitrogen and oxygen atoms in total. The Hall–Kier alpha value is -0.910. The van der Waals surface area contributed by atoms with E-state index in [-0.39, 0.29) is 31.0 Å². The van der Waals surface area contributed by atoms with Gasteiger partial charge >= 0.3 is 0 Å².